The highest BCUT2D eigenvalue weighted by Gasteiger charge is 2.42. The SMILES string of the molecule is CN[C@H](C(=O)N[C@H](C(=O)N(C)[C@H](/C=C(\C)C(=O)N[C@@H](CC(=O)OC)C(=O)O)C(C)C)C(C)(C)C)C(C)(C)c1cn(C)c2ccccc12. The summed E-state index contributed by atoms with van der Waals surface area (Å²) in [7, 11) is 6.45. The standard InChI is InChI=1S/C35H53N5O7/c1-20(2)26(17-21(3)30(42)37-24(33(45)46)18-27(41)47-12)40(11)32(44)29(34(4,5)6)38-31(43)28(36-9)35(7,8)23-19-39(10)25-16-14-13-15-22(23)25/h13-17,19-20,24,26,28-29,36H,18H2,1-12H3,(H,37,42)(H,38,43)(H,45,46)/b21-17+/t24-,26+,28+,29+/m0/s1. The summed E-state index contributed by atoms with van der Waals surface area (Å²) in [6.07, 6.45) is 3.10. The first-order valence-electron chi connectivity index (χ1n) is 15.8. The molecule has 1 aromatic heterocycles. The molecule has 0 aliphatic rings. The molecule has 0 fully saturated rings. The summed E-state index contributed by atoms with van der Waals surface area (Å²) < 4.78 is 6.58. The van der Waals surface area contributed by atoms with Crippen molar-refractivity contribution >= 4 is 40.6 Å². The third kappa shape index (κ3) is 9.21. The first-order valence-corrected chi connectivity index (χ1v) is 15.8. The van der Waals surface area contributed by atoms with Gasteiger partial charge in [0.1, 0.15) is 12.1 Å². The number of esters is 1. The van der Waals surface area contributed by atoms with Crippen LogP contribution in [0.2, 0.25) is 0 Å². The van der Waals surface area contributed by atoms with Crippen molar-refractivity contribution in [2.45, 2.75) is 91.4 Å². The second-order valence-electron chi connectivity index (χ2n) is 14.1. The van der Waals surface area contributed by atoms with Crippen molar-refractivity contribution in [1.29, 1.82) is 0 Å². The van der Waals surface area contributed by atoms with Gasteiger partial charge in [-0.25, -0.2) is 4.79 Å². The average molecular weight is 656 g/mol. The Morgan fingerprint density at radius 2 is 1.62 bits per heavy atom. The summed E-state index contributed by atoms with van der Waals surface area (Å²) in [4.78, 5) is 66.0. The van der Waals surface area contributed by atoms with Gasteiger partial charge in [0.2, 0.25) is 17.7 Å². The molecule has 3 amide bonds. The van der Waals surface area contributed by atoms with E-state index in [1.165, 1.54) is 11.8 Å². The van der Waals surface area contributed by atoms with E-state index in [4.69, 9.17) is 0 Å². The van der Waals surface area contributed by atoms with Crippen LogP contribution < -0.4 is 16.0 Å². The molecule has 0 saturated carbocycles. The average Bonchev–Trinajstić information content (AvgIpc) is 3.33. The molecule has 0 saturated heterocycles. The number of carboxylic acids is 1. The minimum Gasteiger partial charge on any atom is -0.480 e. The highest BCUT2D eigenvalue weighted by molar-refractivity contribution is 5.97. The van der Waals surface area contributed by atoms with E-state index < -0.39 is 59.3 Å². The fraction of sp³-hybridized carbons (Fsp3) is 0.571. The zero-order valence-corrected chi connectivity index (χ0v) is 29.8. The van der Waals surface area contributed by atoms with Crippen LogP contribution in [0, 0.1) is 11.3 Å². The van der Waals surface area contributed by atoms with Gasteiger partial charge in [-0.3, -0.25) is 19.2 Å². The lowest BCUT2D eigenvalue weighted by molar-refractivity contribution is -0.148. The van der Waals surface area contributed by atoms with Crippen molar-refractivity contribution in [2.75, 3.05) is 21.2 Å². The summed E-state index contributed by atoms with van der Waals surface area (Å²) in [6, 6.07) is 4.36. The molecular weight excluding hydrogens is 602 g/mol. The molecule has 0 spiro atoms. The zero-order valence-electron chi connectivity index (χ0n) is 29.8. The molecule has 1 heterocycles. The zero-order chi connectivity index (χ0) is 36.0. The summed E-state index contributed by atoms with van der Waals surface area (Å²) in [5.41, 5.74) is 0.878. The first-order chi connectivity index (χ1) is 21.7. The molecule has 0 aliphatic heterocycles. The number of nitrogens with zero attached hydrogens (tertiary/aromatic N) is 2. The van der Waals surface area contributed by atoms with Gasteiger partial charge >= 0.3 is 11.9 Å². The van der Waals surface area contributed by atoms with Gasteiger partial charge in [-0.1, -0.05) is 72.7 Å². The number of ether oxygens (including phenoxy) is 1. The number of aliphatic carboxylic acids is 1. The highest BCUT2D eigenvalue weighted by atomic mass is 16.5. The van der Waals surface area contributed by atoms with Crippen molar-refractivity contribution in [1.82, 2.24) is 25.4 Å². The maximum Gasteiger partial charge on any atom is 0.326 e. The topological polar surface area (TPSA) is 159 Å². The van der Waals surface area contributed by atoms with Crippen molar-refractivity contribution in [2.24, 2.45) is 18.4 Å². The molecule has 0 aliphatic carbocycles. The molecule has 0 radical (unpaired) electrons. The number of likely N-dealkylation sites (N-methyl/N-ethyl adjacent to an activating group) is 2. The Hall–Kier alpha value is -4.19. The lowest BCUT2D eigenvalue weighted by atomic mass is 9.76. The first kappa shape index (κ1) is 39.0. The smallest absolute Gasteiger partial charge is 0.326 e. The summed E-state index contributed by atoms with van der Waals surface area (Å²) >= 11 is 0. The summed E-state index contributed by atoms with van der Waals surface area (Å²) in [6.45, 7) is 14.9. The second-order valence-corrected chi connectivity index (χ2v) is 14.1. The van der Waals surface area contributed by atoms with Crippen LogP contribution in [0.25, 0.3) is 10.9 Å². The Kier molecular flexibility index (Phi) is 12.9. The van der Waals surface area contributed by atoms with Crippen molar-refractivity contribution in [3.63, 3.8) is 0 Å². The fourth-order valence-electron chi connectivity index (χ4n) is 5.86. The van der Waals surface area contributed by atoms with E-state index in [9.17, 15) is 29.1 Å². The number of fused-ring (bicyclic) bond motifs is 1. The molecule has 47 heavy (non-hydrogen) atoms. The number of carbonyl (C=O) groups excluding carboxylic acids is 4. The fourth-order valence-corrected chi connectivity index (χ4v) is 5.86. The molecule has 0 bridgehead atoms. The van der Waals surface area contributed by atoms with Crippen LogP contribution in [-0.2, 0) is 41.2 Å². The number of carbonyl (C=O) groups is 5. The van der Waals surface area contributed by atoms with E-state index >= 15 is 0 Å². The number of carboxylic acid groups (broad SMARTS) is 1. The number of rotatable bonds is 14. The van der Waals surface area contributed by atoms with E-state index in [1.807, 2.05) is 90.5 Å². The van der Waals surface area contributed by atoms with Crippen LogP contribution in [0.15, 0.2) is 42.1 Å². The Morgan fingerprint density at radius 3 is 2.13 bits per heavy atom. The van der Waals surface area contributed by atoms with Gasteiger partial charge in [0.05, 0.1) is 25.6 Å². The summed E-state index contributed by atoms with van der Waals surface area (Å²) in [5.74, 6) is -3.67. The molecule has 0 unspecified atom stereocenters. The highest BCUT2D eigenvalue weighted by Crippen LogP contribution is 2.35. The van der Waals surface area contributed by atoms with Gasteiger partial charge in [-0.15, -0.1) is 0 Å². The molecule has 2 aromatic rings. The number of amides is 3. The number of hydrogen-bond acceptors (Lipinski definition) is 7. The van der Waals surface area contributed by atoms with E-state index in [2.05, 4.69) is 20.7 Å². The third-order valence-corrected chi connectivity index (χ3v) is 8.72. The van der Waals surface area contributed by atoms with Crippen LogP contribution in [0.4, 0.5) is 0 Å². The lowest BCUT2D eigenvalue weighted by Gasteiger charge is -2.39. The van der Waals surface area contributed by atoms with Gasteiger partial charge in [-0.05, 0) is 36.9 Å². The maximum atomic E-state index is 14.2. The van der Waals surface area contributed by atoms with Crippen molar-refractivity contribution in [3.8, 4) is 0 Å². The number of nitrogens with one attached hydrogen (secondary N) is 3. The normalized spacial score (nSPS) is 15.0. The minimum atomic E-state index is -1.48. The van der Waals surface area contributed by atoms with Crippen LogP contribution in [0.3, 0.4) is 0 Å². The van der Waals surface area contributed by atoms with Gasteiger partial charge in [0.25, 0.3) is 0 Å². The Bertz CT molecular complexity index is 1500. The van der Waals surface area contributed by atoms with Crippen LogP contribution in [0.1, 0.15) is 67.4 Å². The molecular formula is C35H53N5O7. The van der Waals surface area contributed by atoms with E-state index in [1.54, 1.807) is 20.2 Å². The molecule has 12 heteroatoms. The van der Waals surface area contributed by atoms with Gasteiger partial charge in [0.15, 0.2) is 0 Å². The van der Waals surface area contributed by atoms with Crippen LogP contribution in [-0.4, -0.2) is 89.6 Å². The Labute approximate surface area is 278 Å². The molecule has 4 atom stereocenters. The number of aryl methyl sites for hydroxylation is 1. The number of aromatic nitrogens is 1. The molecule has 260 valence electrons. The molecule has 12 nitrogen and oxygen atoms in total. The molecule has 1 aromatic carbocycles. The Balaban J connectivity index is 2.38. The quantitative estimate of drug-likeness (QED) is 0.179. The van der Waals surface area contributed by atoms with Crippen molar-refractivity contribution in [3.05, 3.63) is 47.7 Å². The summed E-state index contributed by atoms with van der Waals surface area (Å²) in [5, 5.41) is 19.1. The van der Waals surface area contributed by atoms with Gasteiger partial charge in [-0.2, -0.15) is 0 Å². The third-order valence-electron chi connectivity index (χ3n) is 8.72. The molecule has 2 rings (SSSR count). The van der Waals surface area contributed by atoms with E-state index in [0.717, 1.165) is 23.6 Å². The number of methoxy groups -OCH3 is 1. The lowest BCUT2D eigenvalue weighted by Crippen LogP contribution is -2.61. The van der Waals surface area contributed by atoms with Crippen molar-refractivity contribution < 1.29 is 33.8 Å². The molecule has 4 N–H and O–H groups in total. The van der Waals surface area contributed by atoms with Gasteiger partial charge < -0.3 is 35.3 Å². The van der Waals surface area contributed by atoms with Crippen LogP contribution >= 0.6 is 0 Å². The number of hydrogen-bond donors (Lipinski definition) is 4. The maximum absolute atomic E-state index is 14.2. The van der Waals surface area contributed by atoms with E-state index in [0.29, 0.717) is 0 Å². The van der Waals surface area contributed by atoms with Gasteiger partial charge in [0, 0.05) is 42.2 Å². The van der Waals surface area contributed by atoms with E-state index in [-0.39, 0.29) is 23.3 Å². The number of para-hydroxylation sites is 1. The predicted molar refractivity (Wildman–Crippen MR) is 182 cm³/mol. The second kappa shape index (κ2) is 15.6. The predicted octanol–water partition coefficient (Wildman–Crippen LogP) is 3.14. The van der Waals surface area contributed by atoms with Crippen LogP contribution in [0.5, 0.6) is 0 Å². The monoisotopic (exact) mass is 655 g/mol. The Morgan fingerprint density at radius 1 is 1.02 bits per heavy atom. The largest absolute Gasteiger partial charge is 0.480 e. The minimum absolute atomic E-state index is 0.149. The number of benzene rings is 1.